The van der Waals surface area contributed by atoms with E-state index in [9.17, 15) is 22.0 Å². The molecule has 1 aromatic carbocycles. The van der Waals surface area contributed by atoms with Gasteiger partial charge in [-0.25, -0.2) is 22.0 Å². The maximum Gasteiger partial charge on any atom is 0.200 e. The third-order valence-corrected chi connectivity index (χ3v) is 4.89. The summed E-state index contributed by atoms with van der Waals surface area (Å²) >= 11 is 0. The lowest BCUT2D eigenvalue weighted by Gasteiger charge is -2.40. The zero-order valence-electron chi connectivity index (χ0n) is 10.9. The SMILES string of the molecule is Fc1c(F)c(F)c(B2C3CCCC2CCC3)c(F)c1F. The van der Waals surface area contributed by atoms with Gasteiger partial charge >= 0.3 is 0 Å². The van der Waals surface area contributed by atoms with Crippen molar-refractivity contribution in [1.29, 1.82) is 0 Å². The van der Waals surface area contributed by atoms with Gasteiger partial charge in [0.05, 0.1) is 0 Å². The number of benzene rings is 1. The largest absolute Gasteiger partial charge is 0.204 e. The van der Waals surface area contributed by atoms with Gasteiger partial charge in [0.15, 0.2) is 35.8 Å². The Morgan fingerprint density at radius 3 is 1.35 bits per heavy atom. The monoisotopic (exact) mass is 288 g/mol. The number of rotatable bonds is 1. The molecule has 0 atom stereocenters. The van der Waals surface area contributed by atoms with Gasteiger partial charge in [-0.3, -0.25) is 0 Å². The third-order valence-electron chi connectivity index (χ3n) is 4.89. The van der Waals surface area contributed by atoms with Crippen LogP contribution in [0.25, 0.3) is 0 Å². The highest BCUT2D eigenvalue weighted by molar-refractivity contribution is 6.76. The van der Waals surface area contributed by atoms with E-state index in [1.165, 1.54) is 0 Å². The average Bonchev–Trinajstić information content (AvgIpc) is 2.43. The van der Waals surface area contributed by atoms with E-state index < -0.39 is 41.3 Å². The fraction of sp³-hybridized carbons (Fsp3) is 0.571. The molecule has 0 nitrogen and oxygen atoms in total. The van der Waals surface area contributed by atoms with Gasteiger partial charge in [-0.05, 0) is 5.46 Å². The first-order chi connectivity index (χ1) is 9.52. The Morgan fingerprint density at radius 1 is 0.600 bits per heavy atom. The fourth-order valence-corrected chi connectivity index (χ4v) is 4.06. The van der Waals surface area contributed by atoms with Crippen molar-refractivity contribution in [3.63, 3.8) is 0 Å². The molecule has 2 fully saturated rings. The van der Waals surface area contributed by atoms with Gasteiger partial charge in [0.25, 0.3) is 0 Å². The molecule has 2 heterocycles. The molecule has 0 amide bonds. The maximum atomic E-state index is 14.0. The molecule has 6 heteroatoms. The van der Waals surface area contributed by atoms with Crippen LogP contribution in [-0.4, -0.2) is 6.71 Å². The predicted molar refractivity (Wildman–Crippen MR) is 66.8 cm³/mol. The Bertz CT molecular complexity index is 494. The first kappa shape index (κ1) is 13.9. The summed E-state index contributed by atoms with van der Waals surface area (Å²) in [5, 5.41) is 0. The minimum absolute atomic E-state index is 0.0377. The van der Waals surface area contributed by atoms with Crippen molar-refractivity contribution in [3.8, 4) is 0 Å². The van der Waals surface area contributed by atoms with E-state index in [1.807, 2.05) is 0 Å². The van der Waals surface area contributed by atoms with Crippen molar-refractivity contribution in [2.24, 2.45) is 0 Å². The van der Waals surface area contributed by atoms with Crippen molar-refractivity contribution in [2.75, 3.05) is 0 Å². The second-order valence-corrected chi connectivity index (χ2v) is 5.89. The van der Waals surface area contributed by atoms with Crippen LogP contribution in [0.2, 0.25) is 11.6 Å². The zero-order valence-corrected chi connectivity index (χ0v) is 10.9. The normalized spacial score (nSPS) is 25.9. The number of fused-ring (bicyclic) bond motifs is 2. The zero-order chi connectivity index (χ0) is 14.4. The molecular weight excluding hydrogens is 274 g/mol. The average molecular weight is 288 g/mol. The number of halogens is 5. The third kappa shape index (κ3) is 1.95. The summed E-state index contributed by atoms with van der Waals surface area (Å²) in [5.74, 6) is -8.89. The van der Waals surface area contributed by atoms with E-state index in [0.29, 0.717) is 0 Å². The molecule has 2 aliphatic heterocycles. The molecule has 0 aromatic heterocycles. The highest BCUT2D eigenvalue weighted by atomic mass is 19.2. The number of hydrogen-bond acceptors (Lipinski definition) is 0. The Morgan fingerprint density at radius 2 is 0.950 bits per heavy atom. The smallest absolute Gasteiger partial charge is 0.200 e. The van der Waals surface area contributed by atoms with E-state index in [1.54, 1.807) is 0 Å². The molecule has 3 rings (SSSR count). The van der Waals surface area contributed by atoms with Crippen LogP contribution in [0.4, 0.5) is 22.0 Å². The van der Waals surface area contributed by atoms with E-state index in [0.717, 1.165) is 38.5 Å². The van der Waals surface area contributed by atoms with Crippen molar-refractivity contribution < 1.29 is 22.0 Å². The highest BCUT2D eigenvalue weighted by Crippen LogP contribution is 2.46. The second-order valence-electron chi connectivity index (χ2n) is 5.89. The molecule has 1 aromatic rings. The molecule has 0 spiro atoms. The predicted octanol–water partition coefficient (Wildman–Crippen LogP) is 4.19. The van der Waals surface area contributed by atoms with Crippen molar-refractivity contribution in [3.05, 3.63) is 29.1 Å². The van der Waals surface area contributed by atoms with Gasteiger partial charge in [-0.1, -0.05) is 50.2 Å². The molecule has 2 saturated heterocycles. The lowest BCUT2D eigenvalue weighted by molar-refractivity contribution is 0.381. The summed E-state index contributed by atoms with van der Waals surface area (Å²) in [6.45, 7) is -0.526. The van der Waals surface area contributed by atoms with Crippen LogP contribution < -0.4 is 5.46 Å². The summed E-state index contributed by atoms with van der Waals surface area (Å²) in [7, 11) is 0. The molecule has 0 unspecified atom stereocenters. The van der Waals surface area contributed by atoms with E-state index >= 15 is 0 Å². The first-order valence-corrected chi connectivity index (χ1v) is 7.03. The van der Waals surface area contributed by atoms with Crippen LogP contribution in [0.3, 0.4) is 0 Å². The van der Waals surface area contributed by atoms with Gasteiger partial charge in [-0.2, -0.15) is 0 Å². The molecule has 108 valence electrons. The summed E-state index contributed by atoms with van der Waals surface area (Å²) in [6, 6.07) is 0. The van der Waals surface area contributed by atoms with Crippen molar-refractivity contribution in [1.82, 2.24) is 0 Å². The fourth-order valence-electron chi connectivity index (χ4n) is 4.06. The standard InChI is InChI=1S/C14H14BF5/c16-10-9(11(17)13(19)14(20)12(10)18)15-7-3-1-4-8(15)6-2-5-7/h7-8H,1-6H2. The highest BCUT2D eigenvalue weighted by Gasteiger charge is 2.44. The Balaban J connectivity index is 2.14. The van der Waals surface area contributed by atoms with E-state index in [2.05, 4.69) is 0 Å². The summed E-state index contributed by atoms with van der Waals surface area (Å²) in [5.41, 5.74) is -0.573. The van der Waals surface area contributed by atoms with Crippen LogP contribution in [0, 0.1) is 29.1 Å². The van der Waals surface area contributed by atoms with Crippen LogP contribution >= 0.6 is 0 Å². The van der Waals surface area contributed by atoms with E-state index in [4.69, 9.17) is 0 Å². The molecule has 2 aliphatic rings. The lowest BCUT2D eigenvalue weighted by Crippen LogP contribution is -2.48. The minimum atomic E-state index is -2.07. The van der Waals surface area contributed by atoms with Crippen molar-refractivity contribution in [2.45, 2.75) is 50.2 Å². The van der Waals surface area contributed by atoms with Gasteiger partial charge in [0.2, 0.25) is 0 Å². The van der Waals surface area contributed by atoms with Gasteiger partial charge < -0.3 is 0 Å². The first-order valence-electron chi connectivity index (χ1n) is 7.03. The molecule has 0 radical (unpaired) electrons. The second kappa shape index (κ2) is 5.04. The Kier molecular flexibility index (Phi) is 3.50. The molecule has 0 saturated carbocycles. The quantitative estimate of drug-likeness (QED) is 0.314. The topological polar surface area (TPSA) is 0 Å². The molecule has 0 aliphatic carbocycles. The van der Waals surface area contributed by atoms with Crippen LogP contribution in [-0.2, 0) is 0 Å². The van der Waals surface area contributed by atoms with E-state index in [-0.39, 0.29) is 11.6 Å². The summed E-state index contributed by atoms with van der Waals surface area (Å²) in [4.78, 5) is 0. The van der Waals surface area contributed by atoms with Gasteiger partial charge in [0.1, 0.15) is 0 Å². The van der Waals surface area contributed by atoms with Crippen LogP contribution in [0.15, 0.2) is 0 Å². The Labute approximate surface area is 114 Å². The number of hydrogen-bond donors (Lipinski definition) is 0. The molecular formula is C14H14BF5. The minimum Gasteiger partial charge on any atom is -0.204 e. The van der Waals surface area contributed by atoms with Crippen LogP contribution in [0.1, 0.15) is 38.5 Å². The summed E-state index contributed by atoms with van der Waals surface area (Å²) < 4.78 is 67.8. The Hall–Kier alpha value is -1.07. The maximum absolute atomic E-state index is 14.0. The molecule has 2 bridgehead atoms. The van der Waals surface area contributed by atoms with Gasteiger partial charge in [0, 0.05) is 0 Å². The molecule has 20 heavy (non-hydrogen) atoms. The lowest BCUT2D eigenvalue weighted by atomic mass is 9.24. The molecule has 0 N–H and O–H groups in total. The summed E-state index contributed by atoms with van der Waals surface area (Å²) in [6.07, 6.45) is 5.17. The van der Waals surface area contributed by atoms with Crippen molar-refractivity contribution >= 4 is 12.2 Å². The van der Waals surface area contributed by atoms with Crippen LogP contribution in [0.5, 0.6) is 0 Å². The van der Waals surface area contributed by atoms with Gasteiger partial charge in [-0.15, -0.1) is 0 Å².